The lowest BCUT2D eigenvalue weighted by Crippen LogP contribution is -2.33. The normalized spacial score (nSPS) is 13.8. The van der Waals surface area contributed by atoms with E-state index >= 15 is 0 Å². The molecule has 1 aromatic heterocycles. The summed E-state index contributed by atoms with van der Waals surface area (Å²) in [5, 5.41) is 5.48. The molecular weight excluding hydrogens is 428 g/mol. The quantitative estimate of drug-likeness (QED) is 0.495. The Morgan fingerprint density at radius 3 is 2.53 bits per heavy atom. The number of amides is 1. The van der Waals surface area contributed by atoms with Crippen LogP contribution in [0, 0.1) is 0 Å². The van der Waals surface area contributed by atoms with Crippen molar-refractivity contribution >= 4 is 23.2 Å². The third-order valence-electron chi connectivity index (χ3n) is 5.02. The van der Waals surface area contributed by atoms with Crippen molar-refractivity contribution in [3.8, 4) is 22.1 Å². The van der Waals surface area contributed by atoms with E-state index in [1.165, 1.54) is 11.3 Å². The van der Waals surface area contributed by atoms with Gasteiger partial charge in [0, 0.05) is 22.5 Å². The van der Waals surface area contributed by atoms with Crippen molar-refractivity contribution in [3.63, 3.8) is 0 Å². The van der Waals surface area contributed by atoms with Crippen LogP contribution in [0.15, 0.2) is 53.9 Å². The highest BCUT2D eigenvalue weighted by molar-refractivity contribution is 7.13. The summed E-state index contributed by atoms with van der Waals surface area (Å²) in [7, 11) is 3.16. The van der Waals surface area contributed by atoms with E-state index in [0.29, 0.717) is 22.8 Å². The molecule has 1 unspecified atom stereocenters. The monoisotopic (exact) mass is 452 g/mol. The number of rotatable bonds is 9. The van der Waals surface area contributed by atoms with Gasteiger partial charge < -0.3 is 19.5 Å². The molecule has 1 atom stereocenters. The topological polar surface area (TPSA) is 86.8 Å². The zero-order valence-electron chi connectivity index (χ0n) is 17.9. The molecule has 1 heterocycles. The molecule has 7 nitrogen and oxygen atoms in total. The van der Waals surface area contributed by atoms with Crippen molar-refractivity contribution in [3.05, 3.63) is 65.2 Å². The standard InChI is InChI=1S/C24H24N2O5S/c1-29-19-11-8-16(12-20(19)30-2)24-26-18(14-32-24)13-21(27)31-22(15-6-4-3-5-7-15)23(28)25-17-9-10-17/h3-8,11-12,14,17,22H,9-10,13H2,1-2H3,(H,25,28). The average Bonchev–Trinajstić information content (AvgIpc) is 3.51. The fraction of sp³-hybridized carbons (Fsp3) is 0.292. The minimum atomic E-state index is -0.978. The first kappa shape index (κ1) is 21.8. The number of nitrogens with zero attached hydrogens (tertiary/aromatic N) is 1. The molecule has 4 rings (SSSR count). The van der Waals surface area contributed by atoms with Crippen LogP contribution in [-0.4, -0.2) is 37.1 Å². The van der Waals surface area contributed by atoms with Gasteiger partial charge in [0.1, 0.15) is 5.01 Å². The molecule has 1 saturated carbocycles. The predicted molar refractivity (Wildman–Crippen MR) is 121 cm³/mol. The number of thiazole rings is 1. The van der Waals surface area contributed by atoms with E-state index in [1.807, 2.05) is 41.8 Å². The number of esters is 1. The van der Waals surface area contributed by atoms with Gasteiger partial charge in [-0.15, -0.1) is 11.3 Å². The number of carbonyl (C=O) groups excluding carboxylic acids is 2. The largest absolute Gasteiger partial charge is 0.493 e. The van der Waals surface area contributed by atoms with Gasteiger partial charge in [-0.1, -0.05) is 30.3 Å². The Morgan fingerprint density at radius 2 is 1.84 bits per heavy atom. The molecule has 2 aromatic carbocycles. The van der Waals surface area contributed by atoms with E-state index in [-0.39, 0.29) is 18.4 Å². The van der Waals surface area contributed by atoms with Crippen LogP contribution < -0.4 is 14.8 Å². The van der Waals surface area contributed by atoms with E-state index < -0.39 is 12.1 Å². The number of nitrogens with one attached hydrogen (secondary N) is 1. The zero-order chi connectivity index (χ0) is 22.5. The molecule has 1 aliphatic rings. The number of hydrogen-bond donors (Lipinski definition) is 1. The molecule has 1 N–H and O–H groups in total. The third kappa shape index (κ3) is 5.26. The summed E-state index contributed by atoms with van der Waals surface area (Å²) in [4.78, 5) is 29.9. The highest BCUT2D eigenvalue weighted by Crippen LogP contribution is 2.33. The lowest BCUT2D eigenvalue weighted by Gasteiger charge is -2.17. The summed E-state index contributed by atoms with van der Waals surface area (Å²) in [5.74, 6) is 0.437. The van der Waals surface area contributed by atoms with E-state index in [9.17, 15) is 9.59 Å². The number of ether oxygens (including phenoxy) is 3. The summed E-state index contributed by atoms with van der Waals surface area (Å²) in [6, 6.07) is 14.8. The molecular formula is C24H24N2O5S. The smallest absolute Gasteiger partial charge is 0.313 e. The number of benzene rings is 2. The second-order valence-corrected chi connectivity index (χ2v) is 8.31. The molecule has 1 amide bonds. The minimum absolute atomic E-state index is 0.0240. The highest BCUT2D eigenvalue weighted by atomic mass is 32.1. The summed E-state index contributed by atoms with van der Waals surface area (Å²) in [6.45, 7) is 0. The zero-order valence-corrected chi connectivity index (χ0v) is 18.7. The molecule has 3 aromatic rings. The molecule has 0 radical (unpaired) electrons. The van der Waals surface area contributed by atoms with Crippen LogP contribution >= 0.6 is 11.3 Å². The van der Waals surface area contributed by atoms with Crippen molar-refractivity contribution in [2.75, 3.05) is 14.2 Å². The van der Waals surface area contributed by atoms with Crippen molar-refractivity contribution in [1.82, 2.24) is 10.3 Å². The van der Waals surface area contributed by atoms with Gasteiger partial charge in [0.05, 0.1) is 26.3 Å². The van der Waals surface area contributed by atoms with Gasteiger partial charge in [0.2, 0.25) is 6.10 Å². The molecule has 32 heavy (non-hydrogen) atoms. The Balaban J connectivity index is 1.45. The first-order chi connectivity index (χ1) is 15.6. The molecule has 166 valence electrons. The molecule has 0 bridgehead atoms. The van der Waals surface area contributed by atoms with E-state index in [4.69, 9.17) is 14.2 Å². The van der Waals surface area contributed by atoms with Gasteiger partial charge in [-0.05, 0) is 31.0 Å². The van der Waals surface area contributed by atoms with Gasteiger partial charge in [-0.25, -0.2) is 4.98 Å². The Bertz CT molecular complexity index is 1090. The van der Waals surface area contributed by atoms with Gasteiger partial charge in [-0.3, -0.25) is 9.59 Å². The van der Waals surface area contributed by atoms with Crippen molar-refractivity contribution in [2.45, 2.75) is 31.4 Å². The maximum Gasteiger partial charge on any atom is 0.313 e. The van der Waals surface area contributed by atoms with Crippen LogP contribution in [0.3, 0.4) is 0 Å². The summed E-state index contributed by atoms with van der Waals surface area (Å²) in [5.41, 5.74) is 2.08. The third-order valence-corrected chi connectivity index (χ3v) is 5.96. The molecule has 1 fully saturated rings. The molecule has 0 saturated heterocycles. The first-order valence-corrected chi connectivity index (χ1v) is 11.2. The van der Waals surface area contributed by atoms with E-state index in [2.05, 4.69) is 10.3 Å². The molecule has 0 aliphatic heterocycles. The molecule has 8 heteroatoms. The summed E-state index contributed by atoms with van der Waals surface area (Å²) < 4.78 is 16.2. The Labute approximate surface area is 190 Å². The second kappa shape index (κ2) is 9.82. The van der Waals surface area contributed by atoms with Gasteiger partial charge in [-0.2, -0.15) is 0 Å². The van der Waals surface area contributed by atoms with Crippen LogP contribution in [0.5, 0.6) is 11.5 Å². The average molecular weight is 453 g/mol. The first-order valence-electron chi connectivity index (χ1n) is 10.3. The van der Waals surface area contributed by atoms with Crippen molar-refractivity contribution < 1.29 is 23.8 Å². The second-order valence-electron chi connectivity index (χ2n) is 7.45. The van der Waals surface area contributed by atoms with Crippen LogP contribution in [0.2, 0.25) is 0 Å². The van der Waals surface area contributed by atoms with E-state index in [0.717, 1.165) is 23.4 Å². The lowest BCUT2D eigenvalue weighted by molar-refractivity contribution is -0.156. The van der Waals surface area contributed by atoms with Crippen LogP contribution in [-0.2, 0) is 20.7 Å². The lowest BCUT2D eigenvalue weighted by atomic mass is 10.1. The summed E-state index contributed by atoms with van der Waals surface area (Å²) in [6.07, 6.45) is 0.912. The maximum absolute atomic E-state index is 12.7. The summed E-state index contributed by atoms with van der Waals surface area (Å²) >= 11 is 1.42. The number of hydrogen-bond acceptors (Lipinski definition) is 7. The number of methoxy groups -OCH3 is 2. The van der Waals surface area contributed by atoms with Gasteiger partial charge in [0.25, 0.3) is 5.91 Å². The fourth-order valence-electron chi connectivity index (χ4n) is 3.22. The van der Waals surface area contributed by atoms with Gasteiger partial charge in [0.15, 0.2) is 11.5 Å². The fourth-order valence-corrected chi connectivity index (χ4v) is 4.03. The van der Waals surface area contributed by atoms with E-state index in [1.54, 1.807) is 26.4 Å². The van der Waals surface area contributed by atoms with Gasteiger partial charge >= 0.3 is 5.97 Å². The molecule has 0 spiro atoms. The Morgan fingerprint density at radius 1 is 1.09 bits per heavy atom. The highest BCUT2D eigenvalue weighted by Gasteiger charge is 2.31. The Hall–Kier alpha value is -3.39. The number of carbonyl (C=O) groups is 2. The predicted octanol–water partition coefficient (Wildman–Crippen LogP) is 3.93. The van der Waals surface area contributed by atoms with Crippen LogP contribution in [0.25, 0.3) is 10.6 Å². The SMILES string of the molecule is COc1ccc(-c2nc(CC(=O)OC(C(=O)NC3CC3)c3ccccc3)cs2)cc1OC. The van der Waals surface area contributed by atoms with Crippen LogP contribution in [0.4, 0.5) is 0 Å². The van der Waals surface area contributed by atoms with Crippen molar-refractivity contribution in [1.29, 1.82) is 0 Å². The van der Waals surface area contributed by atoms with Crippen LogP contribution in [0.1, 0.15) is 30.2 Å². The Kier molecular flexibility index (Phi) is 6.70. The molecule has 1 aliphatic carbocycles. The van der Waals surface area contributed by atoms with Crippen molar-refractivity contribution in [2.24, 2.45) is 0 Å². The number of aromatic nitrogens is 1. The minimum Gasteiger partial charge on any atom is -0.493 e. The maximum atomic E-state index is 12.7.